The number of nitrogens with zero attached hydrogens (tertiary/aromatic N) is 2. The number of aliphatic hydroxyl groups excluding tert-OH is 1. The van der Waals surface area contributed by atoms with Gasteiger partial charge in [0.05, 0.1) is 5.39 Å². The van der Waals surface area contributed by atoms with Gasteiger partial charge in [-0.3, -0.25) is 0 Å². The fourth-order valence-corrected chi connectivity index (χ4v) is 3.27. The summed E-state index contributed by atoms with van der Waals surface area (Å²) in [6.07, 6.45) is 3.14. The minimum absolute atomic E-state index is 0.167. The molecule has 0 bridgehead atoms. The fraction of sp³-hybridized carbons (Fsp3) is 0.500. The number of aryl methyl sites for hydroxylation is 1. The lowest BCUT2D eigenvalue weighted by molar-refractivity contribution is 0.0701. The Morgan fingerprint density at radius 1 is 1.48 bits per heavy atom. The summed E-state index contributed by atoms with van der Waals surface area (Å²) in [6, 6.07) is 0. The molecular weight excluding hydrogens is 290 g/mol. The highest BCUT2D eigenvalue weighted by Gasteiger charge is 2.18. The second-order valence-electron chi connectivity index (χ2n) is 4.93. The number of rotatable bonds is 7. The molecule has 1 atom stereocenters. The van der Waals surface area contributed by atoms with Gasteiger partial charge in [-0.1, -0.05) is 13.3 Å². The Morgan fingerprint density at radius 3 is 2.86 bits per heavy atom. The van der Waals surface area contributed by atoms with Crippen LogP contribution in [-0.4, -0.2) is 39.3 Å². The molecule has 7 heteroatoms. The average Bonchev–Trinajstić information content (AvgIpc) is 2.81. The van der Waals surface area contributed by atoms with Crippen molar-refractivity contribution < 1.29 is 15.0 Å². The van der Waals surface area contributed by atoms with Gasteiger partial charge in [0.1, 0.15) is 21.9 Å². The number of hydrogen-bond acceptors (Lipinski definition) is 6. The summed E-state index contributed by atoms with van der Waals surface area (Å²) in [5.74, 6) is 0.0868. The molecule has 21 heavy (non-hydrogen) atoms. The Bertz CT molecular complexity index is 642. The Balaban J connectivity index is 2.29. The van der Waals surface area contributed by atoms with Gasteiger partial charge in [-0.05, 0) is 24.8 Å². The molecule has 2 rings (SSSR count). The normalized spacial score (nSPS) is 12.5. The molecule has 0 saturated heterocycles. The third kappa shape index (κ3) is 3.30. The summed E-state index contributed by atoms with van der Waals surface area (Å²) in [4.78, 5) is 20.6. The van der Waals surface area contributed by atoms with Crippen LogP contribution in [0.4, 0.5) is 5.82 Å². The molecule has 0 aromatic carbocycles. The van der Waals surface area contributed by atoms with E-state index in [-0.39, 0.29) is 6.61 Å². The van der Waals surface area contributed by atoms with Gasteiger partial charge in [0.25, 0.3) is 0 Å². The Hall–Kier alpha value is -1.73. The van der Waals surface area contributed by atoms with E-state index in [4.69, 9.17) is 5.11 Å². The second kappa shape index (κ2) is 6.82. The first-order valence-electron chi connectivity index (χ1n) is 6.90. The maximum Gasteiger partial charge on any atom is 0.346 e. The van der Waals surface area contributed by atoms with E-state index in [2.05, 4.69) is 22.2 Å². The summed E-state index contributed by atoms with van der Waals surface area (Å²) in [5, 5.41) is 22.3. The molecular formula is C14H19N3O3S. The van der Waals surface area contributed by atoms with Crippen LogP contribution in [0.1, 0.15) is 35.0 Å². The largest absolute Gasteiger partial charge is 0.477 e. The SMILES string of the molecule is CCC(CCO)CNc1ncnc2sc(C(=O)O)c(C)c12. The van der Waals surface area contributed by atoms with Crippen LogP contribution in [0.15, 0.2) is 6.33 Å². The van der Waals surface area contributed by atoms with Crippen molar-refractivity contribution in [3.8, 4) is 0 Å². The summed E-state index contributed by atoms with van der Waals surface area (Å²) in [6.45, 7) is 4.72. The highest BCUT2D eigenvalue weighted by molar-refractivity contribution is 7.20. The molecule has 2 aromatic rings. The van der Waals surface area contributed by atoms with Crippen molar-refractivity contribution in [2.45, 2.75) is 26.7 Å². The second-order valence-corrected chi connectivity index (χ2v) is 5.93. The lowest BCUT2D eigenvalue weighted by atomic mass is 10.0. The summed E-state index contributed by atoms with van der Waals surface area (Å²) >= 11 is 1.17. The predicted octanol–water partition coefficient (Wildman–Crippen LogP) is 2.52. The lowest BCUT2D eigenvalue weighted by Crippen LogP contribution is -2.16. The Morgan fingerprint density at radius 2 is 2.24 bits per heavy atom. The minimum atomic E-state index is -0.937. The van der Waals surface area contributed by atoms with Crippen LogP contribution < -0.4 is 5.32 Å². The monoisotopic (exact) mass is 309 g/mol. The van der Waals surface area contributed by atoms with E-state index in [0.29, 0.717) is 33.6 Å². The van der Waals surface area contributed by atoms with Crippen LogP contribution in [0.2, 0.25) is 0 Å². The van der Waals surface area contributed by atoms with Crippen LogP contribution in [0.5, 0.6) is 0 Å². The van der Waals surface area contributed by atoms with Gasteiger partial charge in [-0.25, -0.2) is 14.8 Å². The number of thiophene rings is 1. The van der Waals surface area contributed by atoms with Gasteiger partial charge in [-0.2, -0.15) is 0 Å². The van der Waals surface area contributed by atoms with Gasteiger partial charge >= 0.3 is 5.97 Å². The van der Waals surface area contributed by atoms with Gasteiger partial charge in [0.2, 0.25) is 0 Å². The molecule has 0 amide bonds. The van der Waals surface area contributed by atoms with Gasteiger partial charge < -0.3 is 15.5 Å². The number of aromatic nitrogens is 2. The molecule has 2 aromatic heterocycles. The van der Waals surface area contributed by atoms with E-state index in [1.165, 1.54) is 17.7 Å². The molecule has 2 heterocycles. The van der Waals surface area contributed by atoms with Crippen LogP contribution in [0.25, 0.3) is 10.2 Å². The number of aromatic carboxylic acids is 1. The highest BCUT2D eigenvalue weighted by atomic mass is 32.1. The number of aliphatic hydroxyl groups is 1. The molecule has 1 unspecified atom stereocenters. The third-order valence-electron chi connectivity index (χ3n) is 3.59. The quantitative estimate of drug-likeness (QED) is 0.727. The van der Waals surface area contributed by atoms with E-state index in [9.17, 15) is 9.90 Å². The molecule has 0 fully saturated rings. The van der Waals surface area contributed by atoms with E-state index in [1.54, 1.807) is 6.92 Å². The Labute approximate surface area is 126 Å². The van der Waals surface area contributed by atoms with E-state index >= 15 is 0 Å². The zero-order valence-electron chi connectivity index (χ0n) is 12.1. The smallest absolute Gasteiger partial charge is 0.346 e. The van der Waals surface area contributed by atoms with Crippen molar-refractivity contribution in [2.75, 3.05) is 18.5 Å². The van der Waals surface area contributed by atoms with Crippen LogP contribution in [0.3, 0.4) is 0 Å². The number of anilines is 1. The number of fused-ring (bicyclic) bond motifs is 1. The number of carboxylic acids is 1. The highest BCUT2D eigenvalue weighted by Crippen LogP contribution is 2.33. The molecule has 3 N–H and O–H groups in total. The van der Waals surface area contributed by atoms with Gasteiger partial charge in [-0.15, -0.1) is 11.3 Å². The minimum Gasteiger partial charge on any atom is -0.477 e. The standard InChI is InChI=1S/C14H19N3O3S/c1-3-9(4-5-18)6-15-12-10-8(2)11(14(19)20)21-13(10)17-7-16-12/h7,9,18H,3-6H2,1-2H3,(H,19,20)(H,15,16,17). The predicted molar refractivity (Wildman–Crippen MR) is 83.1 cm³/mol. The van der Waals surface area contributed by atoms with E-state index in [0.717, 1.165) is 18.2 Å². The summed E-state index contributed by atoms with van der Waals surface area (Å²) < 4.78 is 0. The Kier molecular flexibility index (Phi) is 5.08. The van der Waals surface area contributed by atoms with Crippen molar-refractivity contribution in [1.29, 1.82) is 0 Å². The number of carboxylic acid groups (broad SMARTS) is 1. The zero-order valence-corrected chi connectivity index (χ0v) is 12.9. The van der Waals surface area contributed by atoms with Crippen LogP contribution >= 0.6 is 11.3 Å². The summed E-state index contributed by atoms with van der Waals surface area (Å²) in [5.41, 5.74) is 0.695. The summed E-state index contributed by atoms with van der Waals surface area (Å²) in [7, 11) is 0. The van der Waals surface area contributed by atoms with E-state index < -0.39 is 5.97 Å². The first kappa shape index (κ1) is 15.7. The van der Waals surface area contributed by atoms with Crippen molar-refractivity contribution in [1.82, 2.24) is 9.97 Å². The maximum absolute atomic E-state index is 11.2. The first-order valence-corrected chi connectivity index (χ1v) is 7.72. The molecule has 0 aliphatic rings. The number of nitrogens with one attached hydrogen (secondary N) is 1. The average molecular weight is 309 g/mol. The molecule has 0 aliphatic heterocycles. The van der Waals surface area contributed by atoms with Crippen molar-refractivity contribution in [3.63, 3.8) is 0 Å². The molecule has 0 spiro atoms. The molecule has 114 valence electrons. The number of hydrogen-bond donors (Lipinski definition) is 3. The molecule has 6 nitrogen and oxygen atoms in total. The lowest BCUT2D eigenvalue weighted by Gasteiger charge is -2.15. The van der Waals surface area contributed by atoms with Crippen molar-refractivity contribution in [2.24, 2.45) is 5.92 Å². The van der Waals surface area contributed by atoms with Crippen molar-refractivity contribution >= 4 is 33.3 Å². The first-order chi connectivity index (χ1) is 10.1. The number of carbonyl (C=O) groups is 1. The molecule has 0 radical (unpaired) electrons. The van der Waals surface area contributed by atoms with Crippen molar-refractivity contribution in [3.05, 3.63) is 16.8 Å². The van der Waals surface area contributed by atoms with Crippen LogP contribution in [0, 0.1) is 12.8 Å². The topological polar surface area (TPSA) is 95.3 Å². The van der Waals surface area contributed by atoms with Gasteiger partial charge in [0, 0.05) is 13.2 Å². The maximum atomic E-state index is 11.2. The van der Waals surface area contributed by atoms with Crippen LogP contribution in [-0.2, 0) is 0 Å². The fourth-order valence-electron chi connectivity index (χ4n) is 2.28. The molecule has 0 aliphatic carbocycles. The molecule has 0 saturated carbocycles. The zero-order chi connectivity index (χ0) is 15.4. The van der Waals surface area contributed by atoms with E-state index in [1.807, 2.05) is 0 Å². The van der Waals surface area contributed by atoms with Gasteiger partial charge in [0.15, 0.2) is 0 Å². The third-order valence-corrected chi connectivity index (χ3v) is 4.78.